The second-order valence-corrected chi connectivity index (χ2v) is 5.95. The highest BCUT2D eigenvalue weighted by molar-refractivity contribution is 6.33. The first-order chi connectivity index (χ1) is 12.0. The van der Waals surface area contributed by atoms with E-state index in [1.54, 1.807) is 30.3 Å². The number of benzene rings is 2. The van der Waals surface area contributed by atoms with Crippen molar-refractivity contribution in [1.29, 1.82) is 0 Å². The van der Waals surface area contributed by atoms with E-state index < -0.39 is 17.9 Å². The third-order valence-corrected chi connectivity index (χ3v) is 4.12. The van der Waals surface area contributed by atoms with Crippen LogP contribution in [0.5, 0.6) is 0 Å². The number of carbonyl (C=O) groups is 2. The Kier molecular flexibility index (Phi) is 4.95. The minimum atomic E-state index is -1.13. The van der Waals surface area contributed by atoms with Gasteiger partial charge in [-0.2, -0.15) is 0 Å². The summed E-state index contributed by atoms with van der Waals surface area (Å²) in [5.41, 5.74) is 1.61. The molecule has 0 radical (unpaired) electrons. The Bertz CT molecular complexity index is 943. The van der Waals surface area contributed by atoms with E-state index in [4.69, 9.17) is 11.6 Å². The maximum atomic E-state index is 12.3. The van der Waals surface area contributed by atoms with Crippen LogP contribution in [0, 0.1) is 0 Å². The number of halogens is 1. The number of hydrogen-bond donors (Lipinski definition) is 2. The van der Waals surface area contributed by atoms with E-state index in [9.17, 15) is 14.7 Å². The molecular weight excluding hydrogens is 340 g/mol. The molecule has 3 rings (SSSR count). The molecule has 0 spiro atoms. The Morgan fingerprint density at radius 3 is 2.52 bits per heavy atom. The number of nitrogens with one attached hydrogen (secondary N) is 1. The molecule has 1 aromatic heterocycles. The van der Waals surface area contributed by atoms with Crippen LogP contribution in [0.25, 0.3) is 10.9 Å². The number of carboxylic acid groups (broad SMARTS) is 1. The van der Waals surface area contributed by atoms with Gasteiger partial charge in [-0.1, -0.05) is 48.0 Å². The third-order valence-electron chi connectivity index (χ3n) is 3.79. The molecule has 0 saturated carbocycles. The number of nitrogens with zero attached hydrogens (tertiary/aromatic N) is 1. The largest absolute Gasteiger partial charge is 0.480 e. The number of aliphatic carboxylic acids is 1. The van der Waals surface area contributed by atoms with Gasteiger partial charge in [0.05, 0.1) is 16.1 Å². The highest BCUT2D eigenvalue weighted by atomic mass is 35.5. The van der Waals surface area contributed by atoms with Gasteiger partial charge in [-0.15, -0.1) is 0 Å². The van der Waals surface area contributed by atoms with Crippen LogP contribution in [0.4, 0.5) is 0 Å². The van der Waals surface area contributed by atoms with Crippen LogP contribution < -0.4 is 5.32 Å². The van der Waals surface area contributed by atoms with Crippen molar-refractivity contribution >= 4 is 34.4 Å². The average molecular weight is 355 g/mol. The molecule has 1 heterocycles. The van der Waals surface area contributed by atoms with Gasteiger partial charge in [0.25, 0.3) is 5.91 Å². The molecule has 6 heteroatoms. The number of aromatic nitrogens is 1. The molecule has 0 unspecified atom stereocenters. The molecule has 0 saturated heterocycles. The van der Waals surface area contributed by atoms with Gasteiger partial charge in [0.1, 0.15) is 6.04 Å². The van der Waals surface area contributed by atoms with Crippen molar-refractivity contribution < 1.29 is 14.7 Å². The Hall–Kier alpha value is -2.92. The van der Waals surface area contributed by atoms with E-state index in [0.29, 0.717) is 5.69 Å². The molecule has 1 amide bonds. The summed E-state index contributed by atoms with van der Waals surface area (Å²) >= 11 is 5.99. The molecule has 126 valence electrons. The second kappa shape index (κ2) is 7.32. The summed E-state index contributed by atoms with van der Waals surface area (Å²) in [5, 5.41) is 13.2. The summed E-state index contributed by atoms with van der Waals surface area (Å²) in [6.07, 6.45) is 0.0797. The second-order valence-electron chi connectivity index (χ2n) is 5.54. The smallest absolute Gasteiger partial charge is 0.326 e. The average Bonchev–Trinajstić information content (AvgIpc) is 2.61. The van der Waals surface area contributed by atoms with E-state index in [-0.39, 0.29) is 17.0 Å². The van der Waals surface area contributed by atoms with Crippen molar-refractivity contribution in [3.8, 4) is 0 Å². The lowest BCUT2D eigenvalue weighted by molar-refractivity contribution is -0.139. The van der Waals surface area contributed by atoms with Gasteiger partial charge in [0.15, 0.2) is 0 Å². The van der Waals surface area contributed by atoms with Crippen molar-refractivity contribution in [1.82, 2.24) is 10.3 Å². The lowest BCUT2D eigenvalue weighted by Crippen LogP contribution is -2.42. The van der Waals surface area contributed by atoms with Crippen LogP contribution in [0.3, 0.4) is 0 Å². The number of amides is 1. The van der Waals surface area contributed by atoms with Crippen molar-refractivity contribution in [2.24, 2.45) is 0 Å². The molecule has 0 aliphatic rings. The lowest BCUT2D eigenvalue weighted by atomic mass is 10.1. The van der Waals surface area contributed by atoms with E-state index >= 15 is 0 Å². The first-order valence-electron chi connectivity index (χ1n) is 7.67. The highest BCUT2D eigenvalue weighted by Crippen LogP contribution is 2.16. The van der Waals surface area contributed by atoms with E-state index in [0.717, 1.165) is 10.9 Å². The summed E-state index contributed by atoms with van der Waals surface area (Å²) in [6.45, 7) is 0. The molecule has 2 aromatic carbocycles. The first-order valence-corrected chi connectivity index (χ1v) is 8.05. The number of carboxylic acids is 1. The summed E-state index contributed by atoms with van der Waals surface area (Å²) < 4.78 is 0. The van der Waals surface area contributed by atoms with Crippen LogP contribution in [0.2, 0.25) is 5.02 Å². The van der Waals surface area contributed by atoms with Crippen LogP contribution in [0.1, 0.15) is 16.1 Å². The predicted molar refractivity (Wildman–Crippen MR) is 95.8 cm³/mol. The van der Waals surface area contributed by atoms with Crippen molar-refractivity contribution in [3.05, 3.63) is 76.9 Å². The quantitative estimate of drug-likeness (QED) is 0.736. The maximum Gasteiger partial charge on any atom is 0.326 e. The van der Waals surface area contributed by atoms with E-state index in [1.165, 1.54) is 0 Å². The van der Waals surface area contributed by atoms with E-state index in [1.807, 2.05) is 30.3 Å². The molecule has 1 atom stereocenters. The normalized spacial score (nSPS) is 11.9. The Morgan fingerprint density at radius 1 is 1.04 bits per heavy atom. The van der Waals surface area contributed by atoms with Crippen LogP contribution >= 0.6 is 11.6 Å². The number of hydrogen-bond acceptors (Lipinski definition) is 3. The topological polar surface area (TPSA) is 79.3 Å². The molecule has 2 N–H and O–H groups in total. The Morgan fingerprint density at radius 2 is 1.76 bits per heavy atom. The lowest BCUT2D eigenvalue weighted by Gasteiger charge is -2.15. The fraction of sp³-hybridized carbons (Fsp3) is 0.105. The molecule has 0 aliphatic heterocycles. The standard InChI is InChI=1S/C19H15ClN2O3/c20-15-7-3-2-6-14(15)18(23)22-17(19(24)25)11-13-10-9-12-5-1-4-8-16(12)21-13/h1-10,17H,11H2,(H,22,23)(H,24,25)/t17-/m0/s1. The van der Waals surface area contributed by atoms with Gasteiger partial charge in [-0.05, 0) is 24.3 Å². The molecular formula is C19H15ClN2O3. The number of para-hydroxylation sites is 1. The number of pyridine rings is 1. The molecule has 3 aromatic rings. The van der Waals surface area contributed by atoms with Gasteiger partial charge in [0.2, 0.25) is 0 Å². The Balaban J connectivity index is 1.80. The van der Waals surface area contributed by atoms with Gasteiger partial charge in [-0.3, -0.25) is 9.78 Å². The predicted octanol–water partition coefficient (Wildman–Crippen LogP) is 3.31. The van der Waals surface area contributed by atoms with Gasteiger partial charge in [0, 0.05) is 17.5 Å². The summed E-state index contributed by atoms with van der Waals surface area (Å²) in [6, 6.07) is 16.6. The number of rotatable bonds is 5. The Labute approximate surface area is 149 Å². The summed E-state index contributed by atoms with van der Waals surface area (Å²) in [4.78, 5) is 28.3. The summed E-state index contributed by atoms with van der Waals surface area (Å²) in [7, 11) is 0. The number of carbonyl (C=O) groups excluding carboxylic acids is 1. The SMILES string of the molecule is O=C(N[C@@H](Cc1ccc2ccccc2n1)C(=O)O)c1ccccc1Cl. The van der Waals surface area contributed by atoms with Crippen molar-refractivity contribution in [3.63, 3.8) is 0 Å². The fourth-order valence-corrected chi connectivity index (χ4v) is 2.73. The van der Waals surface area contributed by atoms with Crippen molar-refractivity contribution in [2.75, 3.05) is 0 Å². The van der Waals surface area contributed by atoms with Gasteiger partial charge < -0.3 is 10.4 Å². The highest BCUT2D eigenvalue weighted by Gasteiger charge is 2.22. The zero-order chi connectivity index (χ0) is 17.8. The number of fused-ring (bicyclic) bond motifs is 1. The zero-order valence-corrected chi connectivity index (χ0v) is 13.9. The molecule has 0 fully saturated rings. The van der Waals surface area contributed by atoms with Gasteiger partial charge >= 0.3 is 5.97 Å². The minimum absolute atomic E-state index is 0.0797. The first kappa shape index (κ1) is 16.9. The molecule has 25 heavy (non-hydrogen) atoms. The zero-order valence-electron chi connectivity index (χ0n) is 13.1. The minimum Gasteiger partial charge on any atom is -0.480 e. The van der Waals surface area contributed by atoms with Crippen LogP contribution in [-0.2, 0) is 11.2 Å². The van der Waals surface area contributed by atoms with E-state index in [2.05, 4.69) is 10.3 Å². The van der Waals surface area contributed by atoms with Crippen LogP contribution in [0.15, 0.2) is 60.7 Å². The summed E-state index contributed by atoms with van der Waals surface area (Å²) in [5.74, 6) is -1.66. The van der Waals surface area contributed by atoms with Gasteiger partial charge in [-0.25, -0.2) is 4.79 Å². The third kappa shape index (κ3) is 3.95. The maximum absolute atomic E-state index is 12.3. The molecule has 0 aliphatic carbocycles. The fourth-order valence-electron chi connectivity index (χ4n) is 2.51. The molecule has 5 nitrogen and oxygen atoms in total. The molecule has 0 bridgehead atoms. The van der Waals surface area contributed by atoms with Crippen LogP contribution in [-0.4, -0.2) is 28.0 Å². The monoisotopic (exact) mass is 354 g/mol. The van der Waals surface area contributed by atoms with Crippen molar-refractivity contribution in [2.45, 2.75) is 12.5 Å².